The summed E-state index contributed by atoms with van der Waals surface area (Å²) in [6.07, 6.45) is 7.38. The Morgan fingerprint density at radius 1 is 0.357 bits per heavy atom. The highest BCUT2D eigenvalue weighted by Crippen LogP contribution is 2.69. The van der Waals surface area contributed by atoms with Crippen molar-refractivity contribution in [3.05, 3.63) is 157 Å². The minimum Gasteiger partial charge on any atom is -0.160 e. The van der Waals surface area contributed by atoms with Gasteiger partial charge in [-0.1, -0.05) is 36.4 Å². The molecule has 0 atom stereocenters. The lowest BCUT2D eigenvalue weighted by molar-refractivity contribution is 1.52. The third-order valence-electron chi connectivity index (χ3n) is 4.69. The average molecular weight is 378 g/mol. The summed E-state index contributed by atoms with van der Waals surface area (Å²) in [4.78, 5) is 0. The van der Waals surface area contributed by atoms with Crippen LogP contribution in [0.5, 0.6) is 0 Å². The Labute approximate surface area is 169 Å². The smallest absolute Gasteiger partial charge is 0.0746 e. The van der Waals surface area contributed by atoms with Crippen LogP contribution in [-0.2, 0) is 0 Å². The van der Waals surface area contributed by atoms with Gasteiger partial charge >= 0.3 is 0 Å². The Bertz CT molecular complexity index is 862. The van der Waals surface area contributed by atoms with Crippen molar-refractivity contribution in [2.24, 2.45) is 0 Å². The first-order valence-corrected chi connectivity index (χ1v) is 11.5. The molecule has 4 aromatic carbocycles. The maximum atomic E-state index is 2.46. The van der Waals surface area contributed by atoms with Gasteiger partial charge in [0.05, 0.1) is 5.30 Å². The summed E-state index contributed by atoms with van der Waals surface area (Å²) >= 11 is 0. The van der Waals surface area contributed by atoms with Crippen LogP contribution in [0.15, 0.2) is 121 Å². The van der Waals surface area contributed by atoms with Gasteiger partial charge in [0.25, 0.3) is 0 Å². The van der Waals surface area contributed by atoms with Gasteiger partial charge in [-0.05, 0) is 37.9 Å². The van der Waals surface area contributed by atoms with Crippen LogP contribution >= 0.6 is 7.26 Å². The molecular formula is C27H23P-2. The van der Waals surface area contributed by atoms with E-state index in [9.17, 15) is 0 Å². The average Bonchev–Trinajstić information content (AvgIpc) is 2.76. The highest BCUT2D eigenvalue weighted by atomic mass is 31.2. The van der Waals surface area contributed by atoms with Gasteiger partial charge < -0.3 is 0 Å². The van der Waals surface area contributed by atoms with Gasteiger partial charge in [0.2, 0.25) is 0 Å². The van der Waals surface area contributed by atoms with Crippen molar-refractivity contribution in [3.63, 3.8) is 0 Å². The zero-order valence-electron chi connectivity index (χ0n) is 15.7. The third-order valence-corrected chi connectivity index (χ3v) is 8.06. The maximum absolute atomic E-state index is 2.46. The second-order valence-corrected chi connectivity index (χ2v) is 9.75. The molecule has 0 aliphatic heterocycles. The van der Waals surface area contributed by atoms with Crippen molar-refractivity contribution in [1.29, 1.82) is 0 Å². The molecule has 0 amide bonds. The molecule has 0 radical (unpaired) electrons. The van der Waals surface area contributed by atoms with Crippen molar-refractivity contribution < 1.29 is 0 Å². The molecule has 0 saturated heterocycles. The molecule has 4 rings (SSSR count). The molecule has 0 nitrogen and oxygen atoms in total. The predicted molar refractivity (Wildman–Crippen MR) is 123 cm³/mol. The summed E-state index contributed by atoms with van der Waals surface area (Å²) in [6, 6.07) is 42.9. The Kier molecular flexibility index (Phi) is 5.71. The van der Waals surface area contributed by atoms with E-state index in [-0.39, 0.29) is 0 Å². The topological polar surface area (TPSA) is 0 Å². The third kappa shape index (κ3) is 4.42. The quantitative estimate of drug-likeness (QED) is 0.241. The van der Waals surface area contributed by atoms with Crippen molar-refractivity contribution in [1.82, 2.24) is 0 Å². The predicted octanol–water partition coefficient (Wildman–Crippen LogP) is 6.96. The van der Waals surface area contributed by atoms with E-state index >= 15 is 0 Å². The van der Waals surface area contributed by atoms with Gasteiger partial charge in [-0.2, -0.15) is 53.1 Å². The second kappa shape index (κ2) is 8.74. The van der Waals surface area contributed by atoms with Crippen molar-refractivity contribution in [3.8, 4) is 0 Å². The SMILES string of the molecule is c1ccc([CH-][P+]([CH-]c2ccccc2)([CH-]c2ccccc2)c2ccccc2)cc1. The van der Waals surface area contributed by atoms with E-state index in [2.05, 4.69) is 140 Å². The standard InChI is InChI=1S/C27H23P/c1-5-13-24(14-6-1)21-28(27-19-11-4-12-20-27,22-25-15-7-2-8-16-25)23-26-17-9-3-10-18-26/h1-23H/q-2. The molecule has 4 aromatic rings. The molecule has 0 bridgehead atoms. The fraction of sp³-hybridized carbons (Fsp3) is 0. The van der Waals surface area contributed by atoms with Crippen molar-refractivity contribution in [2.45, 2.75) is 0 Å². The Balaban J connectivity index is 1.82. The number of rotatable bonds is 7. The van der Waals surface area contributed by atoms with Gasteiger partial charge in [-0.15, -0.1) is 36.4 Å². The normalized spacial score (nSPS) is 10.9. The van der Waals surface area contributed by atoms with E-state index in [1.807, 2.05) is 0 Å². The van der Waals surface area contributed by atoms with Gasteiger partial charge in [0.1, 0.15) is 0 Å². The fourth-order valence-corrected chi connectivity index (χ4v) is 6.73. The first-order valence-electron chi connectivity index (χ1n) is 9.51. The van der Waals surface area contributed by atoms with Crippen molar-refractivity contribution in [2.75, 3.05) is 0 Å². The van der Waals surface area contributed by atoms with Crippen LogP contribution in [0, 0.1) is 18.5 Å². The summed E-state index contributed by atoms with van der Waals surface area (Å²) in [7, 11) is -1.89. The maximum Gasteiger partial charge on any atom is 0.0746 e. The van der Waals surface area contributed by atoms with E-state index in [1.54, 1.807) is 0 Å². The summed E-state index contributed by atoms with van der Waals surface area (Å²) < 4.78 is 0. The lowest BCUT2D eigenvalue weighted by Gasteiger charge is -2.38. The molecule has 0 saturated carbocycles. The Morgan fingerprint density at radius 2 is 0.643 bits per heavy atom. The van der Waals surface area contributed by atoms with E-state index in [4.69, 9.17) is 0 Å². The van der Waals surface area contributed by atoms with Gasteiger partial charge in [-0.3, -0.25) is 0 Å². The van der Waals surface area contributed by atoms with Crippen LogP contribution in [-0.4, -0.2) is 0 Å². The number of hydrogen-bond acceptors (Lipinski definition) is 0. The van der Waals surface area contributed by atoms with E-state index in [1.165, 1.54) is 22.0 Å². The lowest BCUT2D eigenvalue weighted by atomic mass is 10.2. The molecule has 138 valence electrons. The first-order chi connectivity index (χ1) is 13.8. The second-order valence-electron chi connectivity index (χ2n) is 6.79. The van der Waals surface area contributed by atoms with Crippen molar-refractivity contribution >= 4 is 12.6 Å². The van der Waals surface area contributed by atoms with E-state index in [0.717, 1.165) is 0 Å². The van der Waals surface area contributed by atoms with E-state index in [0.29, 0.717) is 0 Å². The van der Waals surface area contributed by atoms with Crippen LogP contribution in [0.25, 0.3) is 0 Å². The van der Waals surface area contributed by atoms with Gasteiger partial charge in [-0.25, -0.2) is 0 Å². The molecule has 0 aliphatic rings. The number of hydrogen-bond donors (Lipinski definition) is 0. The minimum absolute atomic E-state index is 1.25. The summed E-state index contributed by atoms with van der Waals surface area (Å²) in [5.41, 5.74) is 3.75. The molecule has 1 heteroatoms. The summed E-state index contributed by atoms with van der Waals surface area (Å²) in [5, 5.41) is 1.35. The van der Waals surface area contributed by atoms with Crippen LogP contribution in [0.3, 0.4) is 0 Å². The monoisotopic (exact) mass is 378 g/mol. The van der Waals surface area contributed by atoms with Gasteiger partial charge in [0, 0.05) is 0 Å². The highest BCUT2D eigenvalue weighted by Gasteiger charge is 2.31. The molecule has 0 aromatic heterocycles. The molecule has 0 N–H and O–H groups in total. The molecule has 28 heavy (non-hydrogen) atoms. The van der Waals surface area contributed by atoms with Crippen LogP contribution in [0.2, 0.25) is 0 Å². The highest BCUT2D eigenvalue weighted by molar-refractivity contribution is 7.89. The van der Waals surface area contributed by atoms with Crippen LogP contribution < -0.4 is 5.30 Å². The fourth-order valence-electron chi connectivity index (χ4n) is 3.38. The minimum atomic E-state index is -1.89. The Hall–Kier alpha value is -3.08. The first kappa shape index (κ1) is 18.3. The molecule has 0 fully saturated rings. The lowest BCUT2D eigenvalue weighted by Crippen LogP contribution is -2.14. The van der Waals surface area contributed by atoms with Crippen LogP contribution in [0.4, 0.5) is 0 Å². The van der Waals surface area contributed by atoms with Crippen LogP contribution in [0.1, 0.15) is 16.7 Å². The molecule has 0 spiro atoms. The summed E-state index contributed by atoms with van der Waals surface area (Å²) in [6.45, 7) is 0. The zero-order valence-corrected chi connectivity index (χ0v) is 16.6. The largest absolute Gasteiger partial charge is 0.160 e. The number of benzene rings is 4. The van der Waals surface area contributed by atoms with Gasteiger partial charge in [0.15, 0.2) is 0 Å². The zero-order chi connectivity index (χ0) is 19.1. The molecule has 0 aliphatic carbocycles. The molecular weight excluding hydrogens is 355 g/mol. The van der Waals surface area contributed by atoms with E-state index < -0.39 is 7.26 Å². The molecule has 0 unspecified atom stereocenters. The Morgan fingerprint density at radius 3 is 0.964 bits per heavy atom. The molecule has 0 heterocycles. The summed E-state index contributed by atoms with van der Waals surface area (Å²) in [5.74, 6) is 0.